The summed E-state index contributed by atoms with van der Waals surface area (Å²) in [5.41, 5.74) is 0. The fourth-order valence-electron chi connectivity index (χ4n) is 1.63. The van der Waals surface area contributed by atoms with Gasteiger partial charge >= 0.3 is 0 Å². The third kappa shape index (κ3) is 3.09. The van der Waals surface area contributed by atoms with Crippen LogP contribution in [0, 0.1) is 0 Å². The van der Waals surface area contributed by atoms with Crippen LogP contribution in [0.15, 0.2) is 0 Å². The Morgan fingerprint density at radius 1 is 1.67 bits per heavy atom. The lowest BCUT2D eigenvalue weighted by molar-refractivity contribution is 0.218. The van der Waals surface area contributed by atoms with E-state index in [0.717, 1.165) is 19.5 Å². The standard InChI is InChI=1S/C9H20N2O/c1-2-8(7-12)11-9-4-3-5-10-6-9/h8-12H,2-7H2,1H3/t8-,9?/m0/s1. The van der Waals surface area contributed by atoms with E-state index in [0.29, 0.717) is 6.04 Å². The Kier molecular flexibility index (Phi) is 4.58. The van der Waals surface area contributed by atoms with E-state index in [1.807, 2.05) is 0 Å². The highest BCUT2D eigenvalue weighted by molar-refractivity contribution is 4.78. The number of aliphatic hydroxyl groups excluding tert-OH is 1. The summed E-state index contributed by atoms with van der Waals surface area (Å²) in [4.78, 5) is 0. The molecule has 1 heterocycles. The van der Waals surface area contributed by atoms with E-state index >= 15 is 0 Å². The fraction of sp³-hybridized carbons (Fsp3) is 1.00. The Bertz CT molecular complexity index is 109. The van der Waals surface area contributed by atoms with Crippen LogP contribution in [0.4, 0.5) is 0 Å². The molecule has 72 valence electrons. The fourth-order valence-corrected chi connectivity index (χ4v) is 1.63. The average molecular weight is 172 g/mol. The second-order valence-corrected chi connectivity index (χ2v) is 3.50. The first-order chi connectivity index (χ1) is 5.86. The van der Waals surface area contributed by atoms with Crippen molar-refractivity contribution in [3.05, 3.63) is 0 Å². The topological polar surface area (TPSA) is 44.3 Å². The van der Waals surface area contributed by atoms with Gasteiger partial charge in [-0.2, -0.15) is 0 Å². The Balaban J connectivity index is 2.18. The van der Waals surface area contributed by atoms with Crippen molar-refractivity contribution in [3.8, 4) is 0 Å². The van der Waals surface area contributed by atoms with Crippen LogP contribution in [0.5, 0.6) is 0 Å². The van der Waals surface area contributed by atoms with Crippen molar-refractivity contribution in [3.63, 3.8) is 0 Å². The molecule has 0 aliphatic carbocycles. The van der Waals surface area contributed by atoms with Crippen LogP contribution < -0.4 is 10.6 Å². The minimum absolute atomic E-state index is 0.257. The Hall–Kier alpha value is -0.120. The monoisotopic (exact) mass is 172 g/mol. The van der Waals surface area contributed by atoms with Crippen molar-refractivity contribution >= 4 is 0 Å². The van der Waals surface area contributed by atoms with Crippen molar-refractivity contribution in [1.82, 2.24) is 10.6 Å². The molecule has 1 aliphatic heterocycles. The van der Waals surface area contributed by atoms with Gasteiger partial charge in [0.1, 0.15) is 0 Å². The largest absolute Gasteiger partial charge is 0.395 e. The van der Waals surface area contributed by atoms with Gasteiger partial charge in [-0.15, -0.1) is 0 Å². The molecule has 3 N–H and O–H groups in total. The quantitative estimate of drug-likeness (QED) is 0.563. The van der Waals surface area contributed by atoms with Gasteiger partial charge in [0.15, 0.2) is 0 Å². The lowest BCUT2D eigenvalue weighted by atomic mass is 10.1. The molecule has 3 heteroatoms. The molecule has 0 aromatic rings. The highest BCUT2D eigenvalue weighted by Crippen LogP contribution is 2.03. The second kappa shape index (κ2) is 5.51. The third-order valence-corrected chi connectivity index (χ3v) is 2.48. The van der Waals surface area contributed by atoms with Gasteiger partial charge in [-0.05, 0) is 25.8 Å². The molecule has 0 saturated carbocycles. The van der Waals surface area contributed by atoms with Crippen LogP contribution >= 0.6 is 0 Å². The SMILES string of the molecule is CC[C@@H](CO)NC1CCCNC1. The van der Waals surface area contributed by atoms with Gasteiger partial charge in [0, 0.05) is 18.6 Å². The Morgan fingerprint density at radius 2 is 2.50 bits per heavy atom. The van der Waals surface area contributed by atoms with E-state index in [2.05, 4.69) is 17.6 Å². The van der Waals surface area contributed by atoms with Gasteiger partial charge in [-0.1, -0.05) is 6.92 Å². The van der Waals surface area contributed by atoms with E-state index in [1.165, 1.54) is 12.8 Å². The molecule has 0 bridgehead atoms. The third-order valence-electron chi connectivity index (χ3n) is 2.48. The lowest BCUT2D eigenvalue weighted by Crippen LogP contribution is -2.48. The Morgan fingerprint density at radius 3 is 3.00 bits per heavy atom. The van der Waals surface area contributed by atoms with Crippen LogP contribution in [0.3, 0.4) is 0 Å². The zero-order chi connectivity index (χ0) is 8.81. The van der Waals surface area contributed by atoms with Crippen molar-refractivity contribution in [2.75, 3.05) is 19.7 Å². The molecule has 1 aliphatic rings. The predicted molar refractivity (Wildman–Crippen MR) is 50.2 cm³/mol. The van der Waals surface area contributed by atoms with Crippen LogP contribution in [0.2, 0.25) is 0 Å². The van der Waals surface area contributed by atoms with Gasteiger partial charge in [0.05, 0.1) is 6.61 Å². The molecule has 1 fully saturated rings. The van der Waals surface area contributed by atoms with Crippen molar-refractivity contribution in [2.24, 2.45) is 0 Å². The molecule has 1 unspecified atom stereocenters. The molecule has 0 radical (unpaired) electrons. The van der Waals surface area contributed by atoms with E-state index < -0.39 is 0 Å². The highest BCUT2D eigenvalue weighted by Gasteiger charge is 2.15. The molecule has 2 atom stereocenters. The van der Waals surface area contributed by atoms with Gasteiger partial charge in [-0.25, -0.2) is 0 Å². The first-order valence-electron chi connectivity index (χ1n) is 4.94. The first-order valence-corrected chi connectivity index (χ1v) is 4.94. The van der Waals surface area contributed by atoms with Crippen molar-refractivity contribution in [2.45, 2.75) is 38.3 Å². The zero-order valence-corrected chi connectivity index (χ0v) is 7.84. The van der Waals surface area contributed by atoms with Crippen LogP contribution in [-0.2, 0) is 0 Å². The number of piperidine rings is 1. The van der Waals surface area contributed by atoms with Crippen LogP contribution in [0.25, 0.3) is 0 Å². The van der Waals surface area contributed by atoms with Crippen molar-refractivity contribution in [1.29, 1.82) is 0 Å². The lowest BCUT2D eigenvalue weighted by Gasteiger charge is -2.27. The molecule has 0 aromatic carbocycles. The summed E-state index contributed by atoms with van der Waals surface area (Å²) in [6.07, 6.45) is 3.50. The van der Waals surface area contributed by atoms with Crippen LogP contribution in [0.1, 0.15) is 26.2 Å². The minimum atomic E-state index is 0.257. The normalized spacial score (nSPS) is 27.0. The summed E-state index contributed by atoms with van der Waals surface area (Å²) in [7, 11) is 0. The average Bonchev–Trinajstić information content (AvgIpc) is 2.16. The van der Waals surface area contributed by atoms with E-state index in [-0.39, 0.29) is 12.6 Å². The van der Waals surface area contributed by atoms with E-state index in [9.17, 15) is 0 Å². The molecule has 12 heavy (non-hydrogen) atoms. The number of hydrogen-bond acceptors (Lipinski definition) is 3. The van der Waals surface area contributed by atoms with Gasteiger partial charge < -0.3 is 15.7 Å². The molecular formula is C9H20N2O. The summed E-state index contributed by atoms with van der Waals surface area (Å²) in [6, 6.07) is 0.853. The zero-order valence-electron chi connectivity index (χ0n) is 7.84. The molecular weight excluding hydrogens is 152 g/mol. The summed E-state index contributed by atoms with van der Waals surface area (Å²) < 4.78 is 0. The van der Waals surface area contributed by atoms with E-state index in [1.54, 1.807) is 0 Å². The van der Waals surface area contributed by atoms with Gasteiger partial charge in [-0.3, -0.25) is 0 Å². The van der Waals surface area contributed by atoms with Crippen LogP contribution in [-0.4, -0.2) is 36.9 Å². The van der Waals surface area contributed by atoms with E-state index in [4.69, 9.17) is 5.11 Å². The molecule has 0 spiro atoms. The summed E-state index contributed by atoms with van der Waals surface area (Å²) in [5, 5.41) is 15.8. The summed E-state index contributed by atoms with van der Waals surface area (Å²) in [5.74, 6) is 0. The molecule has 0 amide bonds. The van der Waals surface area contributed by atoms with Gasteiger partial charge in [0.25, 0.3) is 0 Å². The first kappa shape index (κ1) is 9.96. The molecule has 3 nitrogen and oxygen atoms in total. The maximum Gasteiger partial charge on any atom is 0.0584 e. The Labute approximate surface area is 74.5 Å². The molecule has 0 aromatic heterocycles. The van der Waals surface area contributed by atoms with Gasteiger partial charge in [0.2, 0.25) is 0 Å². The maximum absolute atomic E-state index is 8.97. The second-order valence-electron chi connectivity index (χ2n) is 3.50. The summed E-state index contributed by atoms with van der Waals surface area (Å²) >= 11 is 0. The predicted octanol–water partition coefficient (Wildman–Crippen LogP) is 0.0989. The smallest absolute Gasteiger partial charge is 0.0584 e. The minimum Gasteiger partial charge on any atom is -0.395 e. The molecule has 1 saturated heterocycles. The number of aliphatic hydroxyl groups is 1. The highest BCUT2D eigenvalue weighted by atomic mass is 16.3. The number of rotatable bonds is 4. The summed E-state index contributed by atoms with van der Waals surface area (Å²) in [6.45, 7) is 4.56. The van der Waals surface area contributed by atoms with Crippen molar-refractivity contribution < 1.29 is 5.11 Å². The number of nitrogens with one attached hydrogen (secondary N) is 2. The maximum atomic E-state index is 8.97. The number of hydrogen-bond donors (Lipinski definition) is 3. The molecule has 1 rings (SSSR count).